The molecule has 0 saturated heterocycles. The summed E-state index contributed by atoms with van der Waals surface area (Å²) in [4.78, 5) is 24.7. The van der Waals surface area contributed by atoms with E-state index in [1.165, 1.54) is 0 Å². The minimum Gasteiger partial charge on any atom is -0.359 e. The lowest BCUT2D eigenvalue weighted by Gasteiger charge is -2.18. The zero-order valence-electron chi connectivity index (χ0n) is 14.8. The predicted molar refractivity (Wildman–Crippen MR) is 102 cm³/mol. The normalized spacial score (nSPS) is 10.8. The third kappa shape index (κ3) is 3.20. The van der Waals surface area contributed by atoms with Crippen LogP contribution in [-0.2, 0) is 18.3 Å². The lowest BCUT2D eigenvalue weighted by Crippen LogP contribution is -2.22. The first-order valence-corrected chi connectivity index (χ1v) is 8.41. The third-order valence-electron chi connectivity index (χ3n) is 4.58. The molecule has 0 spiro atoms. The highest BCUT2D eigenvalue weighted by Gasteiger charge is 2.17. The van der Waals surface area contributed by atoms with Crippen LogP contribution in [-0.4, -0.2) is 17.5 Å². The van der Waals surface area contributed by atoms with Crippen molar-refractivity contribution in [2.24, 2.45) is 7.05 Å². The molecular weight excluding hydrogens is 312 g/mol. The number of nitrogens with zero attached hydrogens (tertiary/aromatic N) is 1. The maximum atomic E-state index is 12.9. The molecule has 0 atom stereocenters. The minimum absolute atomic E-state index is 0.00636. The van der Waals surface area contributed by atoms with Crippen LogP contribution in [0.1, 0.15) is 17.5 Å². The first-order chi connectivity index (χ1) is 12.0. The van der Waals surface area contributed by atoms with Gasteiger partial charge in [-0.05, 0) is 35.9 Å². The summed E-state index contributed by atoms with van der Waals surface area (Å²) in [5, 5.41) is 4.30. The molecule has 0 aliphatic rings. The number of aromatic nitrogens is 1. The Morgan fingerprint density at radius 1 is 1.08 bits per heavy atom. The molecule has 4 nitrogen and oxygen atoms in total. The Kier molecular flexibility index (Phi) is 4.70. The van der Waals surface area contributed by atoms with Crippen molar-refractivity contribution in [2.75, 3.05) is 7.05 Å². The standard InChI is InChI=1S/C21H22N2O2/c1-14-9-10-16-17(11-12-19(24)22-2)20(15-7-5-4-6-8-15)23(3)21(25)18(16)13-14/h4-10,13H,11-12H2,1-3H3,(H,22,24). The number of hydrogen-bond acceptors (Lipinski definition) is 2. The molecule has 2 aromatic carbocycles. The fourth-order valence-electron chi connectivity index (χ4n) is 3.29. The van der Waals surface area contributed by atoms with E-state index >= 15 is 0 Å². The summed E-state index contributed by atoms with van der Waals surface area (Å²) in [6.07, 6.45) is 0.967. The molecule has 1 N–H and O–H groups in total. The van der Waals surface area contributed by atoms with Crippen LogP contribution in [0.2, 0.25) is 0 Å². The first kappa shape index (κ1) is 17.0. The molecule has 4 heteroatoms. The summed E-state index contributed by atoms with van der Waals surface area (Å²) in [5.74, 6) is -0.00636. The number of carbonyl (C=O) groups excluding carboxylic acids is 1. The number of rotatable bonds is 4. The number of hydrogen-bond donors (Lipinski definition) is 1. The van der Waals surface area contributed by atoms with Crippen molar-refractivity contribution >= 4 is 16.7 Å². The highest BCUT2D eigenvalue weighted by atomic mass is 16.1. The van der Waals surface area contributed by atoms with Gasteiger partial charge in [-0.15, -0.1) is 0 Å². The Bertz CT molecular complexity index is 988. The van der Waals surface area contributed by atoms with Gasteiger partial charge < -0.3 is 9.88 Å². The van der Waals surface area contributed by atoms with Gasteiger partial charge in [-0.2, -0.15) is 0 Å². The first-order valence-electron chi connectivity index (χ1n) is 8.41. The van der Waals surface area contributed by atoms with Crippen LogP contribution in [0.4, 0.5) is 0 Å². The summed E-state index contributed by atoms with van der Waals surface area (Å²) in [7, 11) is 3.44. The molecule has 0 aliphatic carbocycles. The second-order valence-corrected chi connectivity index (χ2v) is 6.28. The molecule has 128 valence electrons. The molecule has 3 rings (SSSR count). The highest BCUT2D eigenvalue weighted by molar-refractivity contribution is 5.91. The summed E-state index contributed by atoms with van der Waals surface area (Å²) in [5.41, 5.74) is 3.93. The molecule has 0 aliphatic heterocycles. The van der Waals surface area contributed by atoms with Crippen LogP contribution in [0, 0.1) is 6.92 Å². The topological polar surface area (TPSA) is 51.1 Å². The molecule has 3 aromatic rings. The number of amides is 1. The van der Waals surface area contributed by atoms with Gasteiger partial charge in [-0.3, -0.25) is 9.59 Å². The number of fused-ring (bicyclic) bond motifs is 1. The SMILES string of the molecule is CNC(=O)CCc1c(-c2ccccc2)n(C)c(=O)c2cc(C)ccc12. The quantitative estimate of drug-likeness (QED) is 0.796. The fraction of sp³-hybridized carbons (Fsp3) is 0.238. The monoisotopic (exact) mass is 334 g/mol. The largest absolute Gasteiger partial charge is 0.359 e. The number of nitrogens with one attached hydrogen (secondary N) is 1. The van der Waals surface area contributed by atoms with Gasteiger partial charge in [0, 0.05) is 25.9 Å². The zero-order valence-corrected chi connectivity index (χ0v) is 14.8. The zero-order chi connectivity index (χ0) is 18.0. The molecule has 0 unspecified atom stereocenters. The van der Waals surface area contributed by atoms with Crippen LogP contribution < -0.4 is 10.9 Å². The maximum Gasteiger partial charge on any atom is 0.258 e. The summed E-state index contributed by atoms with van der Waals surface area (Å²) >= 11 is 0. The molecule has 0 radical (unpaired) electrons. The van der Waals surface area contributed by atoms with Crippen molar-refractivity contribution in [1.29, 1.82) is 0 Å². The van der Waals surface area contributed by atoms with Gasteiger partial charge in [0.2, 0.25) is 5.91 Å². The highest BCUT2D eigenvalue weighted by Crippen LogP contribution is 2.29. The van der Waals surface area contributed by atoms with E-state index in [2.05, 4.69) is 5.32 Å². The van der Waals surface area contributed by atoms with Gasteiger partial charge in [0.15, 0.2) is 0 Å². The number of pyridine rings is 1. The Hall–Kier alpha value is -2.88. The predicted octanol–water partition coefficient (Wildman–Crippen LogP) is 3.19. The minimum atomic E-state index is -0.0127. The van der Waals surface area contributed by atoms with E-state index in [0.717, 1.165) is 27.8 Å². The second-order valence-electron chi connectivity index (χ2n) is 6.28. The van der Waals surface area contributed by atoms with Crippen LogP contribution >= 0.6 is 0 Å². The van der Waals surface area contributed by atoms with E-state index in [9.17, 15) is 9.59 Å². The third-order valence-corrected chi connectivity index (χ3v) is 4.58. The molecule has 25 heavy (non-hydrogen) atoms. The van der Waals surface area contributed by atoms with Crippen LogP contribution in [0.15, 0.2) is 53.3 Å². The summed E-state index contributed by atoms with van der Waals surface area (Å²) in [6.45, 7) is 1.98. The molecule has 0 bridgehead atoms. The van der Waals surface area contributed by atoms with E-state index in [0.29, 0.717) is 18.2 Å². The van der Waals surface area contributed by atoms with Crippen LogP contribution in [0.5, 0.6) is 0 Å². The molecule has 0 saturated carbocycles. The van der Waals surface area contributed by atoms with Gasteiger partial charge in [0.1, 0.15) is 0 Å². The van der Waals surface area contributed by atoms with E-state index in [1.807, 2.05) is 55.5 Å². The maximum absolute atomic E-state index is 12.9. The van der Waals surface area contributed by atoms with Crippen molar-refractivity contribution < 1.29 is 4.79 Å². The van der Waals surface area contributed by atoms with Crippen molar-refractivity contribution in [3.63, 3.8) is 0 Å². The lowest BCUT2D eigenvalue weighted by atomic mass is 9.95. The van der Waals surface area contributed by atoms with E-state index < -0.39 is 0 Å². The Morgan fingerprint density at radius 2 is 1.80 bits per heavy atom. The van der Waals surface area contributed by atoms with Crippen molar-refractivity contribution in [1.82, 2.24) is 9.88 Å². The summed E-state index contributed by atoms with van der Waals surface area (Å²) < 4.78 is 1.70. The Labute approximate surface area is 147 Å². The van der Waals surface area contributed by atoms with Crippen molar-refractivity contribution in [3.05, 3.63) is 70.0 Å². The molecular formula is C21H22N2O2. The van der Waals surface area contributed by atoms with Gasteiger partial charge in [0.25, 0.3) is 5.56 Å². The second kappa shape index (κ2) is 6.93. The van der Waals surface area contributed by atoms with E-state index in [-0.39, 0.29) is 11.5 Å². The number of aryl methyl sites for hydroxylation is 2. The molecule has 1 amide bonds. The van der Waals surface area contributed by atoms with Crippen molar-refractivity contribution in [2.45, 2.75) is 19.8 Å². The average molecular weight is 334 g/mol. The number of carbonyl (C=O) groups is 1. The fourth-order valence-corrected chi connectivity index (χ4v) is 3.29. The van der Waals surface area contributed by atoms with Crippen LogP contribution in [0.25, 0.3) is 22.0 Å². The van der Waals surface area contributed by atoms with Gasteiger partial charge in [0.05, 0.1) is 5.69 Å². The Balaban J connectivity index is 2.32. The average Bonchev–Trinajstić information content (AvgIpc) is 2.64. The smallest absolute Gasteiger partial charge is 0.258 e. The Morgan fingerprint density at radius 3 is 2.48 bits per heavy atom. The van der Waals surface area contributed by atoms with Gasteiger partial charge in [-0.1, -0.05) is 48.0 Å². The lowest BCUT2D eigenvalue weighted by molar-refractivity contribution is -0.120. The molecule has 1 heterocycles. The van der Waals surface area contributed by atoms with E-state index in [4.69, 9.17) is 0 Å². The number of benzene rings is 2. The van der Waals surface area contributed by atoms with Gasteiger partial charge in [-0.25, -0.2) is 0 Å². The molecule has 1 aromatic heterocycles. The summed E-state index contributed by atoms with van der Waals surface area (Å²) in [6, 6.07) is 15.8. The van der Waals surface area contributed by atoms with Gasteiger partial charge >= 0.3 is 0 Å². The van der Waals surface area contributed by atoms with Crippen LogP contribution in [0.3, 0.4) is 0 Å². The van der Waals surface area contributed by atoms with Crippen molar-refractivity contribution in [3.8, 4) is 11.3 Å². The van der Waals surface area contributed by atoms with E-state index in [1.54, 1.807) is 18.7 Å². The molecule has 0 fully saturated rings.